The molecule has 9 heteroatoms. The molecule has 1 aromatic carbocycles. The maximum absolute atomic E-state index is 12.4. The lowest BCUT2D eigenvalue weighted by molar-refractivity contribution is -0.137. The Bertz CT molecular complexity index is 672. The molecule has 0 aromatic heterocycles. The molecule has 0 atom stereocenters. The molecule has 0 N–H and O–H groups in total. The van der Waals surface area contributed by atoms with Crippen LogP contribution in [0, 0.1) is 0 Å². The number of hydrogen-bond donors (Lipinski definition) is 0. The Hall–Kier alpha value is -1.09. The first-order valence-corrected chi connectivity index (χ1v) is 8.23. The Balaban J connectivity index is 3.72. The fourth-order valence-electron chi connectivity index (χ4n) is 1.28. The van der Waals surface area contributed by atoms with E-state index in [0.29, 0.717) is 24.5 Å². The van der Waals surface area contributed by atoms with E-state index in [-0.39, 0.29) is 0 Å². The third-order valence-electron chi connectivity index (χ3n) is 2.07. The Morgan fingerprint density at radius 2 is 1.33 bits per heavy atom. The highest BCUT2D eigenvalue weighted by molar-refractivity contribution is 7.93. The van der Waals surface area contributed by atoms with Crippen LogP contribution < -0.4 is 0 Å². The zero-order chi connectivity index (χ0) is 14.4. The van der Waals surface area contributed by atoms with Gasteiger partial charge in [-0.1, -0.05) is 0 Å². The highest BCUT2D eigenvalue weighted by Crippen LogP contribution is 2.33. The molecule has 0 amide bonds. The summed E-state index contributed by atoms with van der Waals surface area (Å²) in [7, 11) is -8.00. The van der Waals surface area contributed by atoms with E-state index in [1.807, 2.05) is 0 Å². The third kappa shape index (κ3) is 3.22. The summed E-state index contributed by atoms with van der Waals surface area (Å²) in [6.07, 6.45) is -3.36. The van der Waals surface area contributed by atoms with Crippen LogP contribution in [0.25, 0.3) is 0 Å². The van der Waals surface area contributed by atoms with E-state index in [1.165, 1.54) is 0 Å². The average Bonchev–Trinajstić information content (AvgIpc) is 2.12. The number of halogens is 3. The standard InChI is InChI=1S/C9H9F3O4S2/c1-17(13,14)7-4-3-6(9(10,11)12)5-8(7)18(2,15)16/h3-5H,1-2H3. The van der Waals surface area contributed by atoms with E-state index < -0.39 is 41.2 Å². The van der Waals surface area contributed by atoms with Crippen LogP contribution in [0.2, 0.25) is 0 Å². The van der Waals surface area contributed by atoms with Crippen molar-refractivity contribution in [3.8, 4) is 0 Å². The lowest BCUT2D eigenvalue weighted by Crippen LogP contribution is -2.11. The minimum absolute atomic E-state index is 0.325. The Morgan fingerprint density at radius 1 is 0.889 bits per heavy atom. The second-order valence-electron chi connectivity index (χ2n) is 3.70. The molecule has 0 aliphatic carbocycles. The number of rotatable bonds is 2. The molecule has 0 heterocycles. The van der Waals surface area contributed by atoms with Crippen LogP contribution in [0.4, 0.5) is 13.2 Å². The first-order chi connectivity index (χ1) is 7.83. The van der Waals surface area contributed by atoms with Gasteiger partial charge in [-0.25, -0.2) is 16.8 Å². The summed E-state index contributed by atoms with van der Waals surface area (Å²) in [4.78, 5) is -1.49. The van der Waals surface area contributed by atoms with Crippen LogP contribution >= 0.6 is 0 Å². The number of alkyl halides is 3. The van der Waals surface area contributed by atoms with Gasteiger partial charge < -0.3 is 0 Å². The summed E-state index contributed by atoms with van der Waals surface area (Å²) in [5.74, 6) is 0. The SMILES string of the molecule is CS(=O)(=O)c1ccc(C(F)(F)F)cc1S(C)(=O)=O. The average molecular weight is 302 g/mol. The predicted octanol–water partition coefficient (Wildman–Crippen LogP) is 1.51. The molecule has 102 valence electrons. The molecule has 0 radical (unpaired) electrons. The molecule has 18 heavy (non-hydrogen) atoms. The Labute approximate surface area is 102 Å². The largest absolute Gasteiger partial charge is 0.416 e. The van der Waals surface area contributed by atoms with Gasteiger partial charge in [0.05, 0.1) is 15.4 Å². The highest BCUT2D eigenvalue weighted by atomic mass is 32.2. The van der Waals surface area contributed by atoms with Gasteiger partial charge in [0.1, 0.15) is 0 Å². The summed E-state index contributed by atoms with van der Waals surface area (Å²) < 4.78 is 82.6. The maximum atomic E-state index is 12.4. The molecular weight excluding hydrogens is 293 g/mol. The van der Waals surface area contributed by atoms with Crippen molar-refractivity contribution in [3.05, 3.63) is 23.8 Å². The van der Waals surface area contributed by atoms with Gasteiger partial charge in [-0.2, -0.15) is 13.2 Å². The molecule has 1 rings (SSSR count). The minimum atomic E-state index is -4.74. The normalized spacial score (nSPS) is 13.6. The predicted molar refractivity (Wildman–Crippen MR) is 57.7 cm³/mol. The summed E-state index contributed by atoms with van der Waals surface area (Å²) >= 11 is 0. The molecule has 0 spiro atoms. The van der Waals surface area contributed by atoms with E-state index in [0.717, 1.165) is 6.26 Å². The quantitative estimate of drug-likeness (QED) is 0.830. The van der Waals surface area contributed by atoms with Crippen molar-refractivity contribution < 1.29 is 30.0 Å². The van der Waals surface area contributed by atoms with Gasteiger partial charge >= 0.3 is 6.18 Å². The van der Waals surface area contributed by atoms with Crippen LogP contribution in [-0.2, 0) is 25.9 Å². The molecular formula is C9H9F3O4S2. The first kappa shape index (κ1) is 15.0. The molecule has 0 aliphatic rings. The lowest BCUT2D eigenvalue weighted by atomic mass is 10.2. The van der Waals surface area contributed by atoms with Crippen molar-refractivity contribution in [1.29, 1.82) is 0 Å². The molecule has 0 saturated carbocycles. The van der Waals surface area contributed by atoms with Gasteiger partial charge in [0.2, 0.25) is 0 Å². The molecule has 0 unspecified atom stereocenters. The second-order valence-corrected chi connectivity index (χ2v) is 7.67. The molecule has 4 nitrogen and oxygen atoms in total. The maximum Gasteiger partial charge on any atom is 0.416 e. The van der Waals surface area contributed by atoms with Gasteiger partial charge in [0.25, 0.3) is 0 Å². The molecule has 1 aromatic rings. The smallest absolute Gasteiger partial charge is 0.224 e. The van der Waals surface area contributed by atoms with Crippen molar-refractivity contribution in [2.75, 3.05) is 12.5 Å². The van der Waals surface area contributed by atoms with Gasteiger partial charge in [-0.05, 0) is 18.2 Å². The van der Waals surface area contributed by atoms with E-state index in [1.54, 1.807) is 0 Å². The van der Waals surface area contributed by atoms with E-state index in [9.17, 15) is 30.0 Å². The summed E-state index contributed by atoms with van der Waals surface area (Å²) in [6, 6.07) is 1.51. The zero-order valence-electron chi connectivity index (χ0n) is 9.32. The zero-order valence-corrected chi connectivity index (χ0v) is 10.9. The van der Waals surface area contributed by atoms with Gasteiger partial charge in [-0.3, -0.25) is 0 Å². The molecule has 0 aliphatic heterocycles. The topological polar surface area (TPSA) is 68.3 Å². The Kier molecular flexibility index (Phi) is 3.52. The van der Waals surface area contributed by atoms with Crippen LogP contribution in [-0.4, -0.2) is 29.3 Å². The number of hydrogen-bond acceptors (Lipinski definition) is 4. The van der Waals surface area contributed by atoms with E-state index >= 15 is 0 Å². The van der Waals surface area contributed by atoms with Crippen LogP contribution in [0.3, 0.4) is 0 Å². The summed E-state index contributed by atoms with van der Waals surface area (Å²) in [5, 5.41) is 0. The van der Waals surface area contributed by atoms with Crippen molar-refractivity contribution in [1.82, 2.24) is 0 Å². The van der Waals surface area contributed by atoms with Gasteiger partial charge in [-0.15, -0.1) is 0 Å². The Morgan fingerprint density at radius 3 is 1.67 bits per heavy atom. The van der Waals surface area contributed by atoms with Crippen molar-refractivity contribution in [3.63, 3.8) is 0 Å². The van der Waals surface area contributed by atoms with E-state index in [4.69, 9.17) is 0 Å². The number of benzene rings is 1. The third-order valence-corrected chi connectivity index (χ3v) is 4.49. The number of sulfone groups is 2. The van der Waals surface area contributed by atoms with Crippen molar-refractivity contribution >= 4 is 19.7 Å². The monoisotopic (exact) mass is 302 g/mol. The summed E-state index contributed by atoms with van der Waals surface area (Å²) in [5.41, 5.74) is -1.21. The second kappa shape index (κ2) is 4.23. The van der Waals surface area contributed by atoms with Crippen LogP contribution in [0.5, 0.6) is 0 Å². The summed E-state index contributed by atoms with van der Waals surface area (Å²) in [6.45, 7) is 0. The van der Waals surface area contributed by atoms with Gasteiger partial charge in [0, 0.05) is 12.5 Å². The van der Waals surface area contributed by atoms with Crippen LogP contribution in [0.15, 0.2) is 28.0 Å². The fourth-order valence-corrected chi connectivity index (χ4v) is 3.70. The fraction of sp³-hybridized carbons (Fsp3) is 0.333. The molecule has 0 saturated heterocycles. The first-order valence-electron chi connectivity index (χ1n) is 4.45. The van der Waals surface area contributed by atoms with Crippen molar-refractivity contribution in [2.45, 2.75) is 16.0 Å². The molecule has 0 bridgehead atoms. The highest BCUT2D eigenvalue weighted by Gasteiger charge is 2.33. The van der Waals surface area contributed by atoms with Crippen LogP contribution in [0.1, 0.15) is 5.56 Å². The van der Waals surface area contributed by atoms with Gasteiger partial charge in [0.15, 0.2) is 19.7 Å². The lowest BCUT2D eigenvalue weighted by Gasteiger charge is -2.11. The van der Waals surface area contributed by atoms with E-state index in [2.05, 4.69) is 0 Å². The minimum Gasteiger partial charge on any atom is -0.224 e. The molecule has 0 fully saturated rings. The van der Waals surface area contributed by atoms with Crippen molar-refractivity contribution in [2.24, 2.45) is 0 Å².